The Morgan fingerprint density at radius 3 is 2.46 bits per heavy atom. The molecule has 2 aromatic rings. The van der Waals surface area contributed by atoms with Crippen LogP contribution in [0.4, 0.5) is 23.7 Å². The molecule has 0 aliphatic carbocycles. The lowest BCUT2D eigenvalue weighted by molar-refractivity contribution is -0.137. The number of urea groups is 1. The minimum Gasteiger partial charge on any atom is -0.369 e. The highest BCUT2D eigenvalue weighted by Gasteiger charge is 2.31. The molecule has 0 unspecified atom stereocenters. The van der Waals surface area contributed by atoms with Gasteiger partial charge in [0, 0.05) is 25.3 Å². The third kappa shape index (κ3) is 4.19. The number of nitrogens with two attached hydrogens (primary N) is 1. The molecule has 12 heteroatoms. The number of piperidine rings is 1. The van der Waals surface area contributed by atoms with Gasteiger partial charge in [0.15, 0.2) is 5.82 Å². The zero-order chi connectivity index (χ0) is 20.5. The van der Waals surface area contributed by atoms with Gasteiger partial charge in [0.05, 0.1) is 17.4 Å². The van der Waals surface area contributed by atoms with E-state index in [0.717, 1.165) is 16.8 Å². The normalized spacial score (nSPS) is 15.5. The van der Waals surface area contributed by atoms with Gasteiger partial charge >= 0.3 is 12.2 Å². The van der Waals surface area contributed by atoms with E-state index in [1.165, 1.54) is 6.20 Å². The predicted octanol–water partition coefficient (Wildman–Crippen LogP) is 1.94. The van der Waals surface area contributed by atoms with Crippen LogP contribution in [-0.2, 0) is 6.18 Å². The Kier molecular flexibility index (Phi) is 5.45. The predicted molar refractivity (Wildman–Crippen MR) is 95.6 cm³/mol. The fourth-order valence-corrected chi connectivity index (χ4v) is 3.20. The molecule has 3 heterocycles. The summed E-state index contributed by atoms with van der Waals surface area (Å²) >= 11 is 6.19. The second-order valence-corrected chi connectivity index (χ2v) is 6.61. The van der Waals surface area contributed by atoms with E-state index in [-0.39, 0.29) is 16.9 Å². The molecule has 0 bridgehead atoms. The lowest BCUT2D eigenvalue weighted by atomic mass is 10.0. The molecule has 1 aliphatic heterocycles. The van der Waals surface area contributed by atoms with E-state index in [2.05, 4.69) is 15.4 Å². The molecule has 0 radical (unpaired) electrons. The van der Waals surface area contributed by atoms with Crippen molar-refractivity contribution < 1.29 is 18.0 Å². The van der Waals surface area contributed by atoms with Gasteiger partial charge < -0.3 is 16.0 Å². The number of rotatable bonds is 3. The van der Waals surface area contributed by atoms with Crippen LogP contribution in [0.2, 0.25) is 5.02 Å². The van der Waals surface area contributed by atoms with Crippen molar-refractivity contribution in [2.75, 3.05) is 18.0 Å². The van der Waals surface area contributed by atoms with Crippen LogP contribution in [0.15, 0.2) is 29.3 Å². The lowest BCUT2D eigenvalue weighted by Crippen LogP contribution is -2.46. The van der Waals surface area contributed by atoms with E-state index in [9.17, 15) is 22.8 Å². The van der Waals surface area contributed by atoms with Crippen LogP contribution in [0.1, 0.15) is 18.4 Å². The first kappa shape index (κ1) is 19.9. The quantitative estimate of drug-likeness (QED) is 0.795. The minimum absolute atomic E-state index is 0.0581. The number of aromatic nitrogens is 3. The topological polar surface area (TPSA) is 106 Å². The second kappa shape index (κ2) is 7.66. The van der Waals surface area contributed by atoms with Crippen LogP contribution in [0.25, 0.3) is 5.82 Å². The van der Waals surface area contributed by atoms with Gasteiger partial charge in [-0.05, 0) is 25.0 Å². The summed E-state index contributed by atoms with van der Waals surface area (Å²) in [6.45, 7) is 1.04. The molecule has 0 saturated carbocycles. The van der Waals surface area contributed by atoms with Gasteiger partial charge in [0.1, 0.15) is 5.02 Å². The molecule has 8 nitrogen and oxygen atoms in total. The van der Waals surface area contributed by atoms with Crippen LogP contribution in [-0.4, -0.2) is 39.9 Å². The highest BCUT2D eigenvalue weighted by atomic mass is 35.5. The van der Waals surface area contributed by atoms with Crippen molar-refractivity contribution >= 4 is 23.3 Å². The summed E-state index contributed by atoms with van der Waals surface area (Å²) in [5.74, 6) is -0.0733. The monoisotopic (exact) mass is 416 g/mol. The maximum Gasteiger partial charge on any atom is 0.417 e. The van der Waals surface area contributed by atoms with Gasteiger partial charge in [0.25, 0.3) is 5.56 Å². The molecule has 1 saturated heterocycles. The maximum absolute atomic E-state index is 12.6. The van der Waals surface area contributed by atoms with Crippen LogP contribution in [0.5, 0.6) is 0 Å². The van der Waals surface area contributed by atoms with E-state index >= 15 is 0 Å². The third-order valence-electron chi connectivity index (χ3n) is 4.37. The zero-order valence-corrected chi connectivity index (χ0v) is 15.2. The summed E-state index contributed by atoms with van der Waals surface area (Å²) in [4.78, 5) is 29.0. The number of hydrogen-bond acceptors (Lipinski definition) is 5. The largest absolute Gasteiger partial charge is 0.417 e. The maximum atomic E-state index is 12.6. The average Bonchev–Trinajstić information content (AvgIpc) is 2.64. The lowest BCUT2D eigenvalue weighted by Gasteiger charge is -2.33. The minimum atomic E-state index is -4.53. The number of alkyl halides is 3. The molecule has 0 aromatic carbocycles. The summed E-state index contributed by atoms with van der Waals surface area (Å²) in [6.07, 6.45) is -1.31. The van der Waals surface area contributed by atoms with Gasteiger partial charge in [-0.2, -0.15) is 23.0 Å². The van der Waals surface area contributed by atoms with E-state index in [4.69, 9.17) is 17.3 Å². The van der Waals surface area contributed by atoms with Crippen LogP contribution >= 0.6 is 11.6 Å². The number of halogens is 4. The first-order chi connectivity index (χ1) is 13.2. The number of carbonyl (C=O) groups is 1. The molecule has 28 heavy (non-hydrogen) atoms. The summed E-state index contributed by atoms with van der Waals surface area (Å²) in [5.41, 5.74) is 3.90. The summed E-state index contributed by atoms with van der Waals surface area (Å²) in [6, 6.07) is 1.21. The van der Waals surface area contributed by atoms with Crippen LogP contribution < -0.4 is 21.5 Å². The van der Waals surface area contributed by atoms with Crippen molar-refractivity contribution in [3.05, 3.63) is 45.5 Å². The Morgan fingerprint density at radius 1 is 1.25 bits per heavy atom. The fraction of sp³-hybridized carbons (Fsp3) is 0.375. The smallest absolute Gasteiger partial charge is 0.369 e. The van der Waals surface area contributed by atoms with Crippen molar-refractivity contribution in [3.8, 4) is 5.82 Å². The molecular weight excluding hydrogens is 401 g/mol. The van der Waals surface area contributed by atoms with E-state index in [1.807, 2.05) is 4.90 Å². The molecule has 1 aliphatic rings. The van der Waals surface area contributed by atoms with Crippen molar-refractivity contribution in [2.45, 2.75) is 25.1 Å². The number of amides is 2. The van der Waals surface area contributed by atoms with Gasteiger partial charge in [-0.15, -0.1) is 0 Å². The zero-order valence-electron chi connectivity index (χ0n) is 14.4. The Morgan fingerprint density at radius 2 is 1.93 bits per heavy atom. The Hall–Kier alpha value is -2.82. The highest BCUT2D eigenvalue weighted by Crippen LogP contribution is 2.29. The second-order valence-electron chi connectivity index (χ2n) is 6.23. The van der Waals surface area contributed by atoms with Crippen molar-refractivity contribution in [1.82, 2.24) is 20.1 Å². The molecule has 150 valence electrons. The van der Waals surface area contributed by atoms with Crippen molar-refractivity contribution in [2.24, 2.45) is 5.73 Å². The number of nitrogens with zero attached hydrogens (tertiary/aromatic N) is 4. The van der Waals surface area contributed by atoms with Crippen molar-refractivity contribution in [1.29, 1.82) is 0 Å². The number of anilines is 1. The van der Waals surface area contributed by atoms with Gasteiger partial charge in [-0.1, -0.05) is 11.6 Å². The van der Waals surface area contributed by atoms with Gasteiger partial charge in [0.2, 0.25) is 0 Å². The fourth-order valence-electron chi connectivity index (χ4n) is 2.95. The van der Waals surface area contributed by atoms with Gasteiger partial charge in [-0.25, -0.2) is 9.78 Å². The summed E-state index contributed by atoms with van der Waals surface area (Å²) in [5, 5.41) is 6.51. The highest BCUT2D eigenvalue weighted by molar-refractivity contribution is 6.33. The Labute approximate surface area is 162 Å². The van der Waals surface area contributed by atoms with E-state index in [1.54, 1.807) is 0 Å². The number of nitrogens with one attached hydrogen (secondary N) is 1. The summed E-state index contributed by atoms with van der Waals surface area (Å²) in [7, 11) is 0. The molecule has 2 amide bonds. The SMILES string of the molecule is NC(=O)NC1CCN(c2cnn(-c3ccc(C(F)(F)F)cn3)c(=O)c2Cl)CC1. The average molecular weight is 417 g/mol. The van der Waals surface area contributed by atoms with Crippen LogP contribution in [0, 0.1) is 0 Å². The number of hydrogen-bond donors (Lipinski definition) is 2. The van der Waals surface area contributed by atoms with E-state index in [0.29, 0.717) is 37.8 Å². The molecule has 3 N–H and O–H groups in total. The van der Waals surface area contributed by atoms with Gasteiger partial charge in [-0.3, -0.25) is 4.79 Å². The van der Waals surface area contributed by atoms with E-state index < -0.39 is 23.3 Å². The molecular formula is C16H16ClF3N6O2. The number of primary amides is 1. The molecule has 0 atom stereocenters. The molecule has 2 aromatic heterocycles. The van der Waals surface area contributed by atoms with Crippen molar-refractivity contribution in [3.63, 3.8) is 0 Å². The Bertz CT molecular complexity index is 923. The van der Waals surface area contributed by atoms with Crippen LogP contribution in [0.3, 0.4) is 0 Å². The molecule has 3 rings (SSSR count). The first-order valence-corrected chi connectivity index (χ1v) is 8.67. The summed E-state index contributed by atoms with van der Waals surface area (Å²) < 4.78 is 38.8. The molecule has 0 spiro atoms. The number of pyridine rings is 1. The third-order valence-corrected chi connectivity index (χ3v) is 4.73. The molecule has 1 fully saturated rings. The standard InChI is InChI=1S/C16H16ClF3N6O2/c17-13-11(25-5-3-10(4-6-25)24-15(21)28)8-23-26(14(13)27)12-2-1-9(7-22-12)16(18,19)20/h1-2,7-8,10H,3-6H2,(H3,21,24,28). The Balaban J connectivity index is 1.80. The number of carbonyl (C=O) groups excluding carboxylic acids is 1. The first-order valence-electron chi connectivity index (χ1n) is 8.29.